The molecule has 2 rings (SSSR count). The number of halogens is 2. The van der Waals surface area contributed by atoms with Gasteiger partial charge < -0.3 is 10.1 Å². The third-order valence-electron chi connectivity index (χ3n) is 3.51. The zero-order valence-corrected chi connectivity index (χ0v) is 12.8. The number of rotatable bonds is 5. The van der Waals surface area contributed by atoms with Crippen LogP contribution in [0.3, 0.4) is 0 Å². The van der Waals surface area contributed by atoms with Crippen LogP contribution in [0.25, 0.3) is 0 Å². The van der Waals surface area contributed by atoms with E-state index in [0.29, 0.717) is 6.54 Å². The molecule has 1 saturated heterocycles. The van der Waals surface area contributed by atoms with Crippen molar-refractivity contribution in [3.8, 4) is 0 Å². The summed E-state index contributed by atoms with van der Waals surface area (Å²) in [7, 11) is 1.66. The van der Waals surface area contributed by atoms with Gasteiger partial charge in [0.05, 0.1) is 12.0 Å². The number of carbonyl (C=O) groups excluding carboxylic acids is 1. The van der Waals surface area contributed by atoms with E-state index in [4.69, 9.17) is 16.3 Å². The molecule has 1 amide bonds. The fraction of sp³-hybridized carbons (Fsp3) is 0.500. The fourth-order valence-electron chi connectivity index (χ4n) is 2.15. The molecule has 1 aliphatic heterocycles. The van der Waals surface area contributed by atoms with Gasteiger partial charge in [-0.2, -0.15) is 11.8 Å². The Morgan fingerprint density at radius 2 is 2.40 bits per heavy atom. The van der Waals surface area contributed by atoms with Crippen molar-refractivity contribution >= 4 is 29.3 Å². The Morgan fingerprint density at radius 3 is 3.00 bits per heavy atom. The van der Waals surface area contributed by atoms with E-state index in [-0.39, 0.29) is 28.5 Å². The van der Waals surface area contributed by atoms with Crippen LogP contribution >= 0.6 is 23.4 Å². The number of nitrogens with one attached hydrogen (secondary N) is 1. The van der Waals surface area contributed by atoms with E-state index in [1.165, 1.54) is 12.1 Å². The summed E-state index contributed by atoms with van der Waals surface area (Å²) in [5.74, 6) is 1.20. The molecule has 1 aliphatic rings. The van der Waals surface area contributed by atoms with E-state index < -0.39 is 5.82 Å². The van der Waals surface area contributed by atoms with Gasteiger partial charge in [0.15, 0.2) is 0 Å². The summed E-state index contributed by atoms with van der Waals surface area (Å²) in [4.78, 5) is 11.9. The first-order chi connectivity index (χ1) is 9.56. The van der Waals surface area contributed by atoms with Crippen LogP contribution in [-0.2, 0) is 16.0 Å². The number of methoxy groups -OCH3 is 1. The molecule has 0 bridgehead atoms. The van der Waals surface area contributed by atoms with E-state index in [0.717, 1.165) is 17.9 Å². The molecule has 1 atom stereocenters. The largest absolute Gasteiger partial charge is 0.376 e. The molecular formula is C14H17ClFNO2S. The SMILES string of the molecule is CO[C@@]1(CNC(=O)Cc2c(F)cccc2Cl)CCSC1. The Labute approximate surface area is 127 Å². The van der Waals surface area contributed by atoms with E-state index >= 15 is 0 Å². The van der Waals surface area contributed by atoms with Crippen molar-refractivity contribution in [1.82, 2.24) is 5.32 Å². The van der Waals surface area contributed by atoms with Gasteiger partial charge in [0.25, 0.3) is 0 Å². The molecule has 110 valence electrons. The number of ether oxygens (including phenoxy) is 1. The second-order valence-electron chi connectivity index (χ2n) is 4.84. The van der Waals surface area contributed by atoms with Gasteiger partial charge in [-0.1, -0.05) is 17.7 Å². The lowest BCUT2D eigenvalue weighted by molar-refractivity contribution is -0.121. The number of benzene rings is 1. The average molecular weight is 318 g/mol. The van der Waals surface area contributed by atoms with Crippen molar-refractivity contribution in [2.75, 3.05) is 25.2 Å². The molecule has 0 saturated carbocycles. The standard InChI is InChI=1S/C14H17ClFNO2S/c1-19-14(5-6-20-9-14)8-17-13(18)7-10-11(15)3-2-4-12(10)16/h2-4H,5-9H2,1H3,(H,17,18)/t14-/m1/s1. The summed E-state index contributed by atoms with van der Waals surface area (Å²) in [5, 5.41) is 3.09. The predicted molar refractivity (Wildman–Crippen MR) is 79.8 cm³/mol. The monoisotopic (exact) mass is 317 g/mol. The number of hydrogen-bond acceptors (Lipinski definition) is 3. The zero-order chi connectivity index (χ0) is 14.6. The van der Waals surface area contributed by atoms with Gasteiger partial charge in [0.2, 0.25) is 5.91 Å². The molecular weight excluding hydrogens is 301 g/mol. The molecule has 0 aliphatic carbocycles. The topological polar surface area (TPSA) is 38.3 Å². The summed E-state index contributed by atoms with van der Waals surface area (Å²) in [6.07, 6.45) is 0.855. The normalized spacial score (nSPS) is 21.9. The third kappa shape index (κ3) is 3.65. The molecule has 0 aromatic heterocycles. The van der Waals surface area contributed by atoms with Gasteiger partial charge in [-0.3, -0.25) is 4.79 Å². The first kappa shape index (κ1) is 15.6. The number of hydrogen-bond donors (Lipinski definition) is 1. The molecule has 0 radical (unpaired) electrons. The Balaban J connectivity index is 1.93. The highest BCUT2D eigenvalue weighted by Gasteiger charge is 2.34. The summed E-state index contributed by atoms with van der Waals surface area (Å²) in [6, 6.07) is 4.41. The minimum atomic E-state index is -0.453. The maximum Gasteiger partial charge on any atom is 0.224 e. The second-order valence-corrected chi connectivity index (χ2v) is 6.36. The lowest BCUT2D eigenvalue weighted by atomic mass is 10.0. The van der Waals surface area contributed by atoms with Crippen LogP contribution in [0.4, 0.5) is 4.39 Å². The third-order valence-corrected chi connectivity index (χ3v) is 5.08. The molecule has 1 fully saturated rings. The highest BCUT2D eigenvalue weighted by molar-refractivity contribution is 7.99. The van der Waals surface area contributed by atoms with E-state index in [1.807, 2.05) is 11.8 Å². The van der Waals surface area contributed by atoms with Crippen LogP contribution in [0, 0.1) is 5.82 Å². The van der Waals surface area contributed by atoms with Gasteiger partial charge >= 0.3 is 0 Å². The average Bonchev–Trinajstić information content (AvgIpc) is 2.90. The number of carbonyl (C=O) groups is 1. The zero-order valence-electron chi connectivity index (χ0n) is 11.2. The predicted octanol–water partition coefficient (Wildman–Crippen LogP) is 2.66. The Morgan fingerprint density at radius 1 is 1.60 bits per heavy atom. The lowest BCUT2D eigenvalue weighted by Gasteiger charge is -2.26. The molecule has 20 heavy (non-hydrogen) atoms. The van der Waals surface area contributed by atoms with E-state index in [2.05, 4.69) is 5.32 Å². The molecule has 1 heterocycles. The molecule has 1 N–H and O–H groups in total. The van der Waals surface area contributed by atoms with Crippen LogP contribution in [0.1, 0.15) is 12.0 Å². The summed E-state index contributed by atoms with van der Waals surface area (Å²) in [6.45, 7) is 0.446. The van der Waals surface area contributed by atoms with Crippen molar-refractivity contribution in [3.05, 3.63) is 34.6 Å². The number of thioether (sulfide) groups is 1. The maximum absolute atomic E-state index is 13.6. The van der Waals surface area contributed by atoms with Gasteiger partial charge in [-0.05, 0) is 24.3 Å². The fourth-order valence-corrected chi connectivity index (χ4v) is 3.77. The van der Waals surface area contributed by atoms with Gasteiger partial charge in [-0.15, -0.1) is 0 Å². The minimum Gasteiger partial charge on any atom is -0.376 e. The van der Waals surface area contributed by atoms with Crippen molar-refractivity contribution in [1.29, 1.82) is 0 Å². The smallest absolute Gasteiger partial charge is 0.224 e. The summed E-state index contributed by atoms with van der Waals surface area (Å²) in [5.41, 5.74) is -0.0572. The number of amides is 1. The van der Waals surface area contributed by atoms with Crippen LogP contribution in [0.5, 0.6) is 0 Å². The van der Waals surface area contributed by atoms with Crippen molar-refractivity contribution in [2.24, 2.45) is 0 Å². The summed E-state index contributed by atoms with van der Waals surface area (Å²) < 4.78 is 19.1. The quantitative estimate of drug-likeness (QED) is 0.907. The van der Waals surface area contributed by atoms with Crippen LogP contribution in [0.15, 0.2) is 18.2 Å². The molecule has 1 aromatic rings. The van der Waals surface area contributed by atoms with Crippen molar-refractivity contribution in [3.63, 3.8) is 0 Å². The Bertz CT molecular complexity index is 472. The van der Waals surface area contributed by atoms with Crippen LogP contribution < -0.4 is 5.32 Å². The van der Waals surface area contributed by atoms with Gasteiger partial charge in [0.1, 0.15) is 5.82 Å². The van der Waals surface area contributed by atoms with Crippen molar-refractivity contribution in [2.45, 2.75) is 18.4 Å². The Kier molecular flexibility index (Phi) is 5.29. The maximum atomic E-state index is 13.6. The van der Waals surface area contributed by atoms with Crippen molar-refractivity contribution < 1.29 is 13.9 Å². The Hall–Kier alpha value is -0.780. The first-order valence-electron chi connectivity index (χ1n) is 6.39. The van der Waals surface area contributed by atoms with Crippen LogP contribution in [-0.4, -0.2) is 36.7 Å². The molecule has 1 aromatic carbocycles. The highest BCUT2D eigenvalue weighted by atomic mass is 35.5. The molecule has 3 nitrogen and oxygen atoms in total. The minimum absolute atomic E-state index is 0.0571. The summed E-state index contributed by atoms with van der Waals surface area (Å²) >= 11 is 7.72. The lowest BCUT2D eigenvalue weighted by Crippen LogP contribution is -2.45. The highest BCUT2D eigenvalue weighted by Crippen LogP contribution is 2.30. The molecule has 6 heteroatoms. The van der Waals surface area contributed by atoms with Gasteiger partial charge in [-0.25, -0.2) is 4.39 Å². The van der Waals surface area contributed by atoms with Crippen LogP contribution in [0.2, 0.25) is 5.02 Å². The molecule has 0 spiro atoms. The first-order valence-corrected chi connectivity index (χ1v) is 7.92. The van der Waals surface area contributed by atoms with Gasteiger partial charge in [0, 0.05) is 30.0 Å². The van der Waals surface area contributed by atoms with E-state index in [9.17, 15) is 9.18 Å². The molecule has 0 unspecified atom stereocenters. The van der Waals surface area contributed by atoms with E-state index in [1.54, 1.807) is 13.2 Å². The second kappa shape index (κ2) is 6.78.